The number of pyridine rings is 1. The molecule has 2 aliphatic rings. The molecule has 3 N–H and O–H groups in total. The number of aromatic nitrogens is 1. The fraction of sp³-hybridized carbons (Fsp3) is 0.500. The molecule has 1 aromatic heterocycles. The number of aliphatic hydroxyl groups is 1. The van der Waals surface area contributed by atoms with Gasteiger partial charge >= 0.3 is 0 Å². The predicted molar refractivity (Wildman–Crippen MR) is 166 cm³/mol. The number of aliphatic imine (C=N–C) groups is 1. The van der Waals surface area contributed by atoms with Crippen molar-refractivity contribution in [2.75, 3.05) is 39.2 Å². The number of aliphatic hydroxyl groups excluding tert-OH is 1. The first kappa shape index (κ1) is 32.4. The average molecular weight is 583 g/mol. The van der Waals surface area contributed by atoms with E-state index in [1.54, 1.807) is 25.4 Å². The number of benzene rings is 1. The van der Waals surface area contributed by atoms with Crippen LogP contribution in [0.3, 0.4) is 0 Å². The summed E-state index contributed by atoms with van der Waals surface area (Å²) in [5.41, 5.74) is 2.58. The number of carbonyl (C=O) groups is 2. The minimum Gasteiger partial charge on any atom is -0.483 e. The Bertz CT molecular complexity index is 1220. The molecule has 2 aromatic rings. The molecule has 222 valence electrons. The second-order valence-electron chi connectivity index (χ2n) is 11.2. The molecule has 11 heteroatoms. The van der Waals surface area contributed by atoms with Gasteiger partial charge in [-0.1, -0.05) is 45.0 Å². The summed E-state index contributed by atoms with van der Waals surface area (Å²) in [5, 5.41) is 13.9. The van der Waals surface area contributed by atoms with Crippen LogP contribution in [0, 0.1) is 5.41 Å². The number of hydrogen-bond acceptors (Lipinski definition) is 9. The Morgan fingerprint density at radius 2 is 1.98 bits per heavy atom. The number of amides is 1. The molecule has 41 heavy (non-hydrogen) atoms. The Kier molecular flexibility index (Phi) is 11.6. The maximum absolute atomic E-state index is 12.2. The molecule has 1 fully saturated rings. The fourth-order valence-electron chi connectivity index (χ4n) is 4.77. The van der Waals surface area contributed by atoms with Crippen LogP contribution in [-0.2, 0) is 4.79 Å². The van der Waals surface area contributed by atoms with E-state index in [-0.39, 0.29) is 24.0 Å². The molecule has 10 nitrogen and oxygen atoms in total. The first-order valence-corrected chi connectivity index (χ1v) is 14.7. The lowest BCUT2D eigenvalue weighted by atomic mass is 9.82. The smallest absolute Gasteiger partial charge is 0.217 e. The molecule has 1 aromatic carbocycles. The second-order valence-corrected chi connectivity index (χ2v) is 11.9. The topological polar surface area (TPSA) is 129 Å². The summed E-state index contributed by atoms with van der Waals surface area (Å²) >= 11 is 1.49. The van der Waals surface area contributed by atoms with Gasteiger partial charge in [0.1, 0.15) is 23.5 Å². The highest BCUT2D eigenvalue weighted by Gasteiger charge is 2.50. The molecule has 1 unspecified atom stereocenters. The van der Waals surface area contributed by atoms with Crippen LogP contribution in [0.4, 0.5) is 0 Å². The molecule has 3 heterocycles. The van der Waals surface area contributed by atoms with Gasteiger partial charge in [0.25, 0.3) is 0 Å². The lowest BCUT2D eigenvalue weighted by Gasteiger charge is -2.41. The summed E-state index contributed by atoms with van der Waals surface area (Å²) in [5.74, 6) is 2.11. The van der Waals surface area contributed by atoms with Gasteiger partial charge in [0.2, 0.25) is 5.91 Å². The number of aldehydes is 1. The third-order valence-electron chi connectivity index (χ3n) is 7.01. The van der Waals surface area contributed by atoms with Crippen molar-refractivity contribution in [1.82, 2.24) is 20.5 Å². The third kappa shape index (κ3) is 8.45. The van der Waals surface area contributed by atoms with Crippen LogP contribution in [-0.4, -0.2) is 84.5 Å². The molecule has 1 saturated heterocycles. The zero-order valence-electron chi connectivity index (χ0n) is 24.6. The number of carbonyl (C=O) groups excluding carboxylic acids is 2. The minimum atomic E-state index is -0.515. The molecule has 0 aliphatic carbocycles. The van der Waals surface area contributed by atoms with Crippen LogP contribution in [0.1, 0.15) is 62.5 Å². The quantitative estimate of drug-likeness (QED) is 0.185. The van der Waals surface area contributed by atoms with Gasteiger partial charge in [-0.15, -0.1) is 0 Å². The van der Waals surface area contributed by atoms with E-state index in [0.717, 1.165) is 60.8 Å². The maximum Gasteiger partial charge on any atom is 0.217 e. The Morgan fingerprint density at radius 3 is 2.49 bits per heavy atom. The highest BCUT2D eigenvalue weighted by atomic mass is 32.2. The summed E-state index contributed by atoms with van der Waals surface area (Å²) in [6.07, 6.45) is 4.11. The molecule has 1 spiro atoms. The minimum absolute atomic E-state index is 0.0940. The van der Waals surface area contributed by atoms with Crippen molar-refractivity contribution in [3.8, 4) is 17.0 Å². The van der Waals surface area contributed by atoms with E-state index in [9.17, 15) is 9.59 Å². The summed E-state index contributed by atoms with van der Waals surface area (Å²) in [4.78, 5) is 34.2. The van der Waals surface area contributed by atoms with Gasteiger partial charge in [-0.3, -0.25) is 19.5 Å². The van der Waals surface area contributed by atoms with Crippen molar-refractivity contribution in [3.63, 3.8) is 0 Å². The molecule has 4 rings (SSSR count). The number of hydrogen-bond donors (Lipinski definition) is 3. The zero-order valence-corrected chi connectivity index (χ0v) is 25.5. The van der Waals surface area contributed by atoms with E-state index in [2.05, 4.69) is 57.4 Å². The average Bonchev–Trinajstić information content (AvgIpc) is 3.23. The van der Waals surface area contributed by atoms with Crippen LogP contribution in [0.25, 0.3) is 11.3 Å². The number of amidine groups is 1. The van der Waals surface area contributed by atoms with E-state index < -0.39 is 5.60 Å². The van der Waals surface area contributed by atoms with Crippen molar-refractivity contribution in [3.05, 3.63) is 47.7 Å². The van der Waals surface area contributed by atoms with Gasteiger partial charge in [0.05, 0.1) is 30.4 Å². The van der Waals surface area contributed by atoms with Gasteiger partial charge in [-0.05, 0) is 31.8 Å². The Balaban J connectivity index is 0.000000850. The lowest BCUT2D eigenvalue weighted by Crippen LogP contribution is -2.53. The van der Waals surface area contributed by atoms with Gasteiger partial charge in [0.15, 0.2) is 0 Å². The lowest BCUT2D eigenvalue weighted by molar-refractivity contribution is -0.121. The largest absolute Gasteiger partial charge is 0.483 e. The number of fused-ring (bicyclic) bond motifs is 1. The van der Waals surface area contributed by atoms with Crippen LogP contribution in [0.2, 0.25) is 0 Å². The van der Waals surface area contributed by atoms with Gasteiger partial charge in [-0.25, -0.2) is 4.99 Å². The number of piperidine rings is 1. The number of rotatable bonds is 8. The molecule has 0 radical (unpaired) electrons. The van der Waals surface area contributed by atoms with E-state index >= 15 is 0 Å². The zero-order chi connectivity index (χ0) is 30.0. The van der Waals surface area contributed by atoms with E-state index in [1.807, 2.05) is 18.2 Å². The molecular weight excluding hydrogens is 540 g/mol. The Hall–Kier alpha value is -3.12. The monoisotopic (exact) mass is 582 g/mol. The van der Waals surface area contributed by atoms with Crippen LogP contribution < -0.4 is 15.4 Å². The third-order valence-corrected chi connectivity index (χ3v) is 7.80. The van der Waals surface area contributed by atoms with Crippen LogP contribution in [0.15, 0.2) is 45.9 Å². The number of nitrogens with one attached hydrogen (secondary N) is 2. The summed E-state index contributed by atoms with van der Waals surface area (Å²) < 4.78 is 11.1. The second kappa shape index (κ2) is 14.7. The van der Waals surface area contributed by atoms with Crippen molar-refractivity contribution in [2.45, 2.75) is 52.2 Å². The van der Waals surface area contributed by atoms with Crippen LogP contribution >= 0.6 is 11.9 Å². The SMILES string of the molecule is C=N/C(=N\SCN1CCC2(CC1)Oc1cnc(-c3ccc(C=O)cc3)cc1C2NC(C)=O)C(C)(C)C.CNCCO. The Morgan fingerprint density at radius 1 is 1.29 bits per heavy atom. The number of likely N-dealkylation sites (tertiary alicyclic amines) is 1. The Labute approximate surface area is 247 Å². The standard InChI is InChI=1S/C27H33N5O3S.C3H9NO/c1-18(34)30-24-21-14-22(20-8-6-19(16-33)7-9-20)29-15-23(21)35-27(24)10-12-32(13-11-27)17-36-31-25(28-5)26(2,3)4;1-4-2-3-5/h6-9,14-16,24H,5,10-13,17H2,1-4H3,(H,30,34);4-5H,2-3H2,1H3/b31-25-;. The molecular formula is C30H42N6O4S. The molecule has 0 bridgehead atoms. The van der Waals surface area contributed by atoms with Gasteiger partial charge in [0, 0.05) is 61.5 Å². The normalized spacial score (nSPS) is 18.1. The highest BCUT2D eigenvalue weighted by Crippen LogP contribution is 2.49. The molecule has 2 aliphatic heterocycles. The van der Waals surface area contributed by atoms with Crippen molar-refractivity contribution in [1.29, 1.82) is 0 Å². The van der Waals surface area contributed by atoms with Crippen molar-refractivity contribution >= 4 is 36.7 Å². The van der Waals surface area contributed by atoms with E-state index in [4.69, 9.17) is 9.84 Å². The molecule has 1 amide bonds. The predicted octanol–water partition coefficient (Wildman–Crippen LogP) is 3.91. The highest BCUT2D eigenvalue weighted by molar-refractivity contribution is 7.98. The summed E-state index contributed by atoms with van der Waals surface area (Å²) in [6.45, 7) is 14.0. The number of nitrogens with zero attached hydrogens (tertiary/aromatic N) is 4. The van der Waals surface area contributed by atoms with Crippen molar-refractivity contribution < 1.29 is 19.4 Å². The molecule has 1 atom stereocenters. The summed E-state index contributed by atoms with van der Waals surface area (Å²) in [6, 6.07) is 9.04. The fourth-order valence-corrected chi connectivity index (χ4v) is 5.70. The van der Waals surface area contributed by atoms with Crippen molar-refractivity contribution in [2.24, 2.45) is 14.8 Å². The van der Waals surface area contributed by atoms with Gasteiger partial charge < -0.3 is 20.5 Å². The molecule has 0 saturated carbocycles. The summed E-state index contributed by atoms with van der Waals surface area (Å²) in [7, 11) is 1.80. The number of ether oxygens (including phenoxy) is 1. The first-order chi connectivity index (χ1) is 19.6. The number of likely N-dealkylation sites (N-methyl/N-ethyl adjacent to an activating group) is 1. The van der Waals surface area contributed by atoms with Gasteiger partial charge in [-0.2, -0.15) is 4.40 Å². The van der Waals surface area contributed by atoms with Crippen LogP contribution in [0.5, 0.6) is 5.75 Å². The first-order valence-electron chi connectivity index (χ1n) is 13.7. The van der Waals surface area contributed by atoms with E-state index in [0.29, 0.717) is 17.9 Å². The maximum atomic E-state index is 12.2. The van der Waals surface area contributed by atoms with E-state index in [1.165, 1.54) is 18.9 Å².